The molecule has 14 heavy (non-hydrogen) atoms. The van der Waals surface area contributed by atoms with Gasteiger partial charge in [0.2, 0.25) is 0 Å². The van der Waals surface area contributed by atoms with E-state index >= 15 is 0 Å². The number of aromatic nitrogens is 1. The van der Waals surface area contributed by atoms with E-state index in [0.717, 1.165) is 6.07 Å². The first kappa shape index (κ1) is 11.0. The Morgan fingerprint density at radius 3 is 2.64 bits per heavy atom. The van der Waals surface area contributed by atoms with E-state index in [0.29, 0.717) is 6.29 Å². The predicted octanol–water partition coefficient (Wildman–Crippen LogP) is 2.02. The van der Waals surface area contributed by atoms with Gasteiger partial charge in [-0.05, 0) is 0 Å². The molecular weight excluding hydrogens is 260 g/mol. The summed E-state index contributed by atoms with van der Waals surface area (Å²) in [5.74, 6) is 0. The van der Waals surface area contributed by atoms with E-state index < -0.39 is 17.5 Å². The van der Waals surface area contributed by atoms with E-state index in [4.69, 9.17) is 0 Å². The van der Waals surface area contributed by atoms with Crippen LogP contribution in [-0.4, -0.2) is 11.3 Å². The van der Waals surface area contributed by atoms with Crippen LogP contribution in [0.3, 0.4) is 0 Å². The minimum absolute atomic E-state index is 0.119. The van der Waals surface area contributed by atoms with Gasteiger partial charge in [0.1, 0.15) is 0 Å². The molecule has 0 radical (unpaired) electrons. The topological polar surface area (TPSA) is 49.9 Å². The molecule has 0 spiro atoms. The molecule has 0 aliphatic rings. The van der Waals surface area contributed by atoms with Gasteiger partial charge >= 0.3 is 0 Å². The van der Waals surface area contributed by atoms with E-state index in [1.54, 1.807) is 0 Å². The summed E-state index contributed by atoms with van der Waals surface area (Å²) in [4.78, 5) is 23.9. The first-order valence-electron chi connectivity index (χ1n) is 3.65. The van der Waals surface area contributed by atoms with Crippen molar-refractivity contribution in [1.29, 1.82) is 0 Å². The van der Waals surface area contributed by atoms with Gasteiger partial charge in [-0.25, -0.2) is 8.78 Å². The standard InChI is InChI=1S/C8H6BrF2NO2/c9-2-6-4(3-13)7(14)1-5(12-6)8(10)11/h1,3,8H,2H2,(H,12,14). The van der Waals surface area contributed by atoms with Crippen molar-refractivity contribution in [3.05, 3.63) is 33.2 Å². The molecule has 1 heterocycles. The third-order valence-corrected chi connectivity index (χ3v) is 2.22. The number of halogens is 3. The maximum absolute atomic E-state index is 12.2. The Kier molecular flexibility index (Phi) is 3.51. The number of carbonyl (C=O) groups excluding carboxylic acids is 1. The summed E-state index contributed by atoms with van der Waals surface area (Å²) in [6.45, 7) is 0. The molecule has 0 amide bonds. The Bertz CT molecular complexity index is 403. The number of nitrogens with one attached hydrogen (secondary N) is 1. The summed E-state index contributed by atoms with van der Waals surface area (Å²) in [5.41, 5.74) is -1.12. The average Bonchev–Trinajstić information content (AvgIpc) is 2.16. The first-order chi connectivity index (χ1) is 6.60. The van der Waals surface area contributed by atoms with Crippen molar-refractivity contribution in [3.8, 4) is 0 Å². The quantitative estimate of drug-likeness (QED) is 0.672. The maximum atomic E-state index is 12.2. The molecule has 0 aliphatic heterocycles. The van der Waals surface area contributed by atoms with Gasteiger partial charge in [0.25, 0.3) is 6.43 Å². The van der Waals surface area contributed by atoms with E-state index in [9.17, 15) is 18.4 Å². The van der Waals surface area contributed by atoms with E-state index in [-0.39, 0.29) is 16.6 Å². The lowest BCUT2D eigenvalue weighted by Gasteiger charge is -2.04. The van der Waals surface area contributed by atoms with Crippen molar-refractivity contribution < 1.29 is 13.6 Å². The van der Waals surface area contributed by atoms with Crippen LogP contribution >= 0.6 is 15.9 Å². The van der Waals surface area contributed by atoms with Crippen molar-refractivity contribution in [2.75, 3.05) is 0 Å². The molecule has 76 valence electrons. The normalized spacial score (nSPS) is 10.6. The minimum atomic E-state index is -2.75. The van der Waals surface area contributed by atoms with Gasteiger partial charge in [-0.3, -0.25) is 9.59 Å². The second-order valence-corrected chi connectivity index (χ2v) is 3.09. The lowest BCUT2D eigenvalue weighted by atomic mass is 10.2. The number of carbonyl (C=O) groups is 1. The molecule has 0 bridgehead atoms. The van der Waals surface area contributed by atoms with Crippen LogP contribution in [0.25, 0.3) is 0 Å². The monoisotopic (exact) mass is 265 g/mol. The molecule has 1 aromatic heterocycles. The van der Waals surface area contributed by atoms with Crippen molar-refractivity contribution >= 4 is 22.2 Å². The van der Waals surface area contributed by atoms with Crippen LogP contribution in [0.2, 0.25) is 0 Å². The zero-order valence-electron chi connectivity index (χ0n) is 6.89. The Hall–Kier alpha value is -1.04. The van der Waals surface area contributed by atoms with Crippen LogP contribution in [0.1, 0.15) is 28.2 Å². The number of H-pyrrole nitrogens is 1. The van der Waals surface area contributed by atoms with Gasteiger partial charge in [-0.2, -0.15) is 0 Å². The highest BCUT2D eigenvalue weighted by atomic mass is 79.9. The largest absolute Gasteiger partial charge is 0.356 e. The number of pyridine rings is 1. The summed E-state index contributed by atoms with van der Waals surface area (Å²) >= 11 is 2.99. The molecular formula is C8H6BrF2NO2. The predicted molar refractivity (Wildman–Crippen MR) is 50.0 cm³/mol. The van der Waals surface area contributed by atoms with E-state index in [2.05, 4.69) is 20.9 Å². The second-order valence-electron chi connectivity index (χ2n) is 2.53. The van der Waals surface area contributed by atoms with Gasteiger partial charge in [0.05, 0.1) is 11.3 Å². The second kappa shape index (κ2) is 4.45. The summed E-state index contributed by atoms with van der Waals surface area (Å²) in [6, 6.07) is 0.737. The molecule has 0 atom stereocenters. The van der Waals surface area contributed by atoms with Gasteiger partial charge in [0.15, 0.2) is 11.7 Å². The third kappa shape index (κ3) is 2.06. The number of rotatable bonds is 3. The van der Waals surface area contributed by atoms with Crippen molar-refractivity contribution in [1.82, 2.24) is 4.98 Å². The fourth-order valence-electron chi connectivity index (χ4n) is 0.997. The number of hydrogen-bond acceptors (Lipinski definition) is 2. The Balaban J connectivity index is 3.39. The SMILES string of the molecule is O=Cc1c(CBr)[nH]c(C(F)F)cc1=O. The molecule has 0 aliphatic carbocycles. The lowest BCUT2D eigenvalue weighted by Crippen LogP contribution is -2.14. The average molecular weight is 266 g/mol. The zero-order chi connectivity index (χ0) is 10.7. The molecule has 0 saturated carbocycles. The van der Waals surface area contributed by atoms with Crippen molar-refractivity contribution in [3.63, 3.8) is 0 Å². The van der Waals surface area contributed by atoms with Crippen LogP contribution in [-0.2, 0) is 5.33 Å². The maximum Gasteiger partial charge on any atom is 0.278 e. The first-order valence-corrected chi connectivity index (χ1v) is 4.77. The van der Waals surface area contributed by atoms with Crippen LogP contribution < -0.4 is 5.43 Å². The van der Waals surface area contributed by atoms with Gasteiger partial charge in [0, 0.05) is 17.1 Å². The molecule has 6 heteroatoms. The van der Waals surface area contributed by atoms with E-state index in [1.165, 1.54) is 0 Å². The number of aromatic amines is 1. The van der Waals surface area contributed by atoms with Crippen LogP contribution in [0.4, 0.5) is 8.78 Å². The zero-order valence-corrected chi connectivity index (χ0v) is 8.48. The summed E-state index contributed by atoms with van der Waals surface area (Å²) in [7, 11) is 0. The molecule has 0 fully saturated rings. The van der Waals surface area contributed by atoms with Crippen molar-refractivity contribution in [2.24, 2.45) is 0 Å². The Morgan fingerprint density at radius 1 is 1.57 bits per heavy atom. The Labute approximate surface area is 86.3 Å². The summed E-state index contributed by atoms with van der Waals surface area (Å²) in [6.07, 6.45) is -2.40. The summed E-state index contributed by atoms with van der Waals surface area (Å²) in [5, 5.41) is 0.150. The molecule has 1 N–H and O–H groups in total. The fraction of sp³-hybridized carbons (Fsp3) is 0.250. The molecule has 0 saturated heterocycles. The van der Waals surface area contributed by atoms with Gasteiger partial charge in [-0.1, -0.05) is 15.9 Å². The van der Waals surface area contributed by atoms with E-state index in [1.807, 2.05) is 0 Å². The molecule has 3 nitrogen and oxygen atoms in total. The lowest BCUT2D eigenvalue weighted by molar-refractivity contribution is 0.112. The number of alkyl halides is 3. The highest BCUT2D eigenvalue weighted by Crippen LogP contribution is 2.16. The smallest absolute Gasteiger partial charge is 0.278 e. The van der Waals surface area contributed by atoms with Crippen LogP contribution in [0.5, 0.6) is 0 Å². The fourth-order valence-corrected chi connectivity index (χ4v) is 1.44. The summed E-state index contributed by atoms with van der Waals surface area (Å²) < 4.78 is 24.5. The molecule has 0 unspecified atom stereocenters. The highest BCUT2D eigenvalue weighted by molar-refractivity contribution is 9.08. The van der Waals surface area contributed by atoms with Crippen LogP contribution in [0, 0.1) is 0 Å². The molecule has 1 rings (SSSR count). The molecule has 1 aromatic rings. The highest BCUT2D eigenvalue weighted by Gasteiger charge is 2.13. The Morgan fingerprint density at radius 2 is 2.21 bits per heavy atom. The number of hydrogen-bond donors (Lipinski definition) is 1. The third-order valence-electron chi connectivity index (χ3n) is 1.66. The van der Waals surface area contributed by atoms with Gasteiger partial charge in [-0.15, -0.1) is 0 Å². The van der Waals surface area contributed by atoms with Crippen molar-refractivity contribution in [2.45, 2.75) is 11.8 Å². The van der Waals surface area contributed by atoms with Crippen LogP contribution in [0.15, 0.2) is 10.9 Å². The minimum Gasteiger partial charge on any atom is -0.356 e. The van der Waals surface area contributed by atoms with Gasteiger partial charge < -0.3 is 4.98 Å². The number of aldehydes is 1. The molecule has 0 aromatic carbocycles.